The van der Waals surface area contributed by atoms with Crippen LogP contribution in [0, 0.1) is 5.92 Å². The van der Waals surface area contributed by atoms with Crippen molar-refractivity contribution in [2.75, 3.05) is 36.6 Å². The van der Waals surface area contributed by atoms with Crippen LogP contribution in [0.5, 0.6) is 5.75 Å². The molecule has 0 aliphatic carbocycles. The van der Waals surface area contributed by atoms with E-state index in [4.69, 9.17) is 9.47 Å². The summed E-state index contributed by atoms with van der Waals surface area (Å²) in [4.78, 5) is 46.2. The molecule has 3 aliphatic heterocycles. The van der Waals surface area contributed by atoms with Crippen LogP contribution in [0.4, 0.5) is 15.5 Å². The summed E-state index contributed by atoms with van der Waals surface area (Å²) in [7, 11) is -1.96. The van der Waals surface area contributed by atoms with Crippen molar-refractivity contribution in [1.29, 1.82) is 0 Å². The van der Waals surface area contributed by atoms with E-state index in [-0.39, 0.29) is 43.8 Å². The van der Waals surface area contributed by atoms with Gasteiger partial charge in [-0.15, -0.1) is 0 Å². The van der Waals surface area contributed by atoms with Gasteiger partial charge in [-0.25, -0.2) is 0 Å². The van der Waals surface area contributed by atoms with Crippen molar-refractivity contribution in [3.63, 3.8) is 0 Å². The highest BCUT2D eigenvalue weighted by molar-refractivity contribution is 6.72. The number of hydrogen-bond donors (Lipinski definition) is 1. The number of piperidine rings is 1. The van der Waals surface area contributed by atoms with Crippen LogP contribution in [-0.4, -0.2) is 69.0 Å². The smallest absolute Gasteiger partial charge is 0.264 e. The number of halogens is 1. The highest BCUT2D eigenvalue weighted by Gasteiger charge is 2.67. The zero-order chi connectivity index (χ0) is 34.9. The van der Waals surface area contributed by atoms with E-state index in [2.05, 4.69) is 0 Å². The Balaban J connectivity index is 1.32. The van der Waals surface area contributed by atoms with Crippen LogP contribution >= 0.6 is 0 Å². The highest BCUT2D eigenvalue weighted by Crippen LogP contribution is 2.60. The van der Waals surface area contributed by atoms with Crippen LogP contribution in [0.25, 0.3) is 0 Å². The Bertz CT molecular complexity index is 1680. The Hall–Kier alpha value is -4.06. The van der Waals surface area contributed by atoms with Crippen molar-refractivity contribution in [2.24, 2.45) is 5.92 Å². The molecule has 2 fully saturated rings. The molecular formula is C38H46FN3O6Si. The van der Waals surface area contributed by atoms with Gasteiger partial charge < -0.3 is 33.4 Å². The zero-order valence-electron chi connectivity index (χ0n) is 28.7. The number of aliphatic hydroxyl groups is 1. The second kappa shape index (κ2) is 14.0. The molecule has 6 rings (SSSR count). The van der Waals surface area contributed by atoms with E-state index in [0.717, 1.165) is 29.7 Å². The third-order valence-corrected chi connectivity index (χ3v) is 12.9. The van der Waals surface area contributed by atoms with Gasteiger partial charge >= 0.3 is 0 Å². The highest BCUT2D eigenvalue weighted by atomic mass is 28.4. The number of aliphatic hydroxyl groups excluding tert-OH is 1. The Labute approximate surface area is 288 Å². The minimum atomic E-state index is -3.51. The molecule has 9 nitrogen and oxygen atoms in total. The molecule has 11 heteroatoms. The topological polar surface area (TPSA) is 99.6 Å². The number of amides is 3. The molecule has 1 N–H and O–H groups in total. The van der Waals surface area contributed by atoms with Crippen molar-refractivity contribution in [1.82, 2.24) is 4.90 Å². The third kappa shape index (κ3) is 6.63. The Kier molecular flexibility index (Phi) is 9.97. The first kappa shape index (κ1) is 34.8. The van der Waals surface area contributed by atoms with Crippen LogP contribution in [0.15, 0.2) is 72.8 Å². The summed E-state index contributed by atoms with van der Waals surface area (Å²) in [5.41, 5.74) is 1.71. The van der Waals surface area contributed by atoms with E-state index < -0.39 is 31.6 Å². The van der Waals surface area contributed by atoms with Gasteiger partial charge in [0, 0.05) is 48.8 Å². The third-order valence-electron chi connectivity index (χ3n) is 10.4. The molecule has 0 aromatic heterocycles. The molecule has 2 saturated heterocycles. The fourth-order valence-electron chi connectivity index (χ4n) is 8.07. The standard InChI is InChI=1S/C38H46FN3O6Si/c1-26-36(49(3,4)39)33(23-35(45)40(20-21-43)24-27-10-6-5-7-11-27)48-38(26)31-22-30(47-2)17-18-32(31)42(37(38)46)25-28-13-15-29(16-14-28)41-19-9-8-12-34(41)44/h5-7,10-11,13-18,22,26,33,36,43H,8-9,12,19-21,23-25H2,1-4H3/t26-,33+,36-,38+/m1/s1. The summed E-state index contributed by atoms with van der Waals surface area (Å²) >= 11 is 0. The van der Waals surface area contributed by atoms with Crippen molar-refractivity contribution in [3.05, 3.63) is 89.5 Å². The van der Waals surface area contributed by atoms with Crippen molar-refractivity contribution in [3.8, 4) is 5.75 Å². The number of anilines is 2. The van der Waals surface area contributed by atoms with E-state index in [1.165, 1.54) is 0 Å². The first-order valence-corrected chi connectivity index (χ1v) is 20.1. The summed E-state index contributed by atoms with van der Waals surface area (Å²) in [6.45, 7) is 6.24. The van der Waals surface area contributed by atoms with Crippen LogP contribution < -0.4 is 14.5 Å². The van der Waals surface area contributed by atoms with Gasteiger partial charge in [0.1, 0.15) is 5.75 Å². The molecule has 3 amide bonds. The van der Waals surface area contributed by atoms with Crippen LogP contribution in [0.3, 0.4) is 0 Å². The number of ether oxygens (including phenoxy) is 2. The predicted molar refractivity (Wildman–Crippen MR) is 188 cm³/mol. The molecular weight excluding hydrogens is 642 g/mol. The van der Waals surface area contributed by atoms with E-state index in [0.29, 0.717) is 36.5 Å². The SMILES string of the molecule is COc1ccc2c(c1)[C@]1(O[C@@H](CC(=O)N(CCO)Cc3ccccc3)[C@H]([Si](C)(C)F)[C@H]1C)C(=O)N2Cc1ccc(N2CCCCC2=O)cc1. The number of fused-ring (bicyclic) bond motifs is 2. The predicted octanol–water partition coefficient (Wildman–Crippen LogP) is 5.95. The largest absolute Gasteiger partial charge is 0.497 e. The van der Waals surface area contributed by atoms with Crippen LogP contribution in [-0.2, 0) is 37.8 Å². The summed E-state index contributed by atoms with van der Waals surface area (Å²) in [5, 5.41) is 9.79. The first-order valence-electron chi connectivity index (χ1n) is 17.2. The van der Waals surface area contributed by atoms with E-state index in [9.17, 15) is 19.5 Å². The minimum Gasteiger partial charge on any atom is -0.497 e. The van der Waals surface area contributed by atoms with Crippen LogP contribution in [0.2, 0.25) is 18.6 Å². The summed E-state index contributed by atoms with van der Waals surface area (Å²) < 4.78 is 28.8. The molecule has 3 aromatic carbocycles. The lowest BCUT2D eigenvalue weighted by Gasteiger charge is -2.31. The zero-order valence-corrected chi connectivity index (χ0v) is 29.7. The molecule has 0 bridgehead atoms. The average molecular weight is 688 g/mol. The van der Waals surface area contributed by atoms with Gasteiger partial charge in [-0.3, -0.25) is 14.4 Å². The second-order valence-corrected chi connectivity index (χ2v) is 17.7. The van der Waals surface area contributed by atoms with E-state index in [1.807, 2.05) is 72.5 Å². The number of hydrogen-bond acceptors (Lipinski definition) is 6. The number of nitrogens with zero attached hydrogens (tertiary/aromatic N) is 3. The number of methoxy groups -OCH3 is 1. The molecule has 3 heterocycles. The van der Waals surface area contributed by atoms with E-state index >= 15 is 4.11 Å². The Morgan fingerprint density at radius 2 is 1.80 bits per heavy atom. The molecule has 3 aliphatic rings. The molecule has 3 aromatic rings. The molecule has 0 unspecified atom stereocenters. The number of benzene rings is 3. The lowest BCUT2D eigenvalue weighted by molar-refractivity contribution is -0.150. The summed E-state index contributed by atoms with van der Waals surface area (Å²) in [6.07, 6.45) is 1.45. The molecule has 49 heavy (non-hydrogen) atoms. The molecule has 0 saturated carbocycles. The van der Waals surface area contributed by atoms with E-state index in [1.54, 1.807) is 42.1 Å². The average Bonchev–Trinajstić information content (AvgIpc) is 3.51. The fourth-order valence-corrected chi connectivity index (χ4v) is 10.6. The number of carbonyl (C=O) groups excluding carboxylic acids is 3. The molecule has 1 spiro atoms. The first-order chi connectivity index (χ1) is 23.5. The maximum absolute atomic E-state index is 16.4. The van der Waals surface area contributed by atoms with Gasteiger partial charge in [-0.1, -0.05) is 49.4 Å². The minimum absolute atomic E-state index is 0.118. The molecule has 260 valence electrons. The summed E-state index contributed by atoms with van der Waals surface area (Å²) in [5.74, 6) is -0.478. The van der Waals surface area contributed by atoms with Crippen molar-refractivity contribution >= 4 is 37.5 Å². The van der Waals surface area contributed by atoms with Gasteiger partial charge in [0.15, 0.2) is 5.60 Å². The van der Waals surface area contributed by atoms with Gasteiger partial charge in [-0.05, 0) is 67.4 Å². The summed E-state index contributed by atoms with van der Waals surface area (Å²) in [6, 6.07) is 22.6. The Morgan fingerprint density at radius 1 is 1.06 bits per heavy atom. The van der Waals surface area contributed by atoms with Crippen molar-refractivity contribution in [2.45, 2.75) is 76.0 Å². The maximum atomic E-state index is 16.4. The molecule has 4 atom stereocenters. The lowest BCUT2D eigenvalue weighted by Crippen LogP contribution is -2.45. The van der Waals surface area contributed by atoms with Crippen LogP contribution in [0.1, 0.15) is 49.3 Å². The maximum Gasteiger partial charge on any atom is 0.264 e. The van der Waals surface area contributed by atoms with Gasteiger partial charge in [0.2, 0.25) is 20.2 Å². The normalized spacial score (nSPS) is 23.7. The molecule has 0 radical (unpaired) electrons. The lowest BCUT2D eigenvalue weighted by atomic mass is 9.82. The number of rotatable bonds is 11. The monoisotopic (exact) mass is 687 g/mol. The van der Waals surface area contributed by atoms with Crippen molar-refractivity contribution < 1.29 is 33.1 Å². The Morgan fingerprint density at radius 3 is 2.45 bits per heavy atom. The van der Waals surface area contributed by atoms with Gasteiger partial charge in [0.25, 0.3) is 5.91 Å². The fraction of sp³-hybridized carbons (Fsp3) is 0.447. The van der Waals surface area contributed by atoms with Gasteiger partial charge in [0.05, 0.1) is 38.5 Å². The quantitative estimate of drug-likeness (QED) is 0.198. The van der Waals surface area contributed by atoms with Gasteiger partial charge in [-0.2, -0.15) is 0 Å². The second-order valence-electron chi connectivity index (χ2n) is 13.9. The number of carbonyl (C=O) groups is 3.